The topological polar surface area (TPSA) is 85.8 Å². The number of halogens is 2. The average molecular weight is 485 g/mol. The number of carbonyl (C=O) groups excluding carboxylic acids is 1. The van der Waals surface area contributed by atoms with Crippen molar-refractivity contribution in [1.29, 1.82) is 0 Å². The lowest BCUT2D eigenvalue weighted by Crippen LogP contribution is -2.22. The summed E-state index contributed by atoms with van der Waals surface area (Å²) in [7, 11) is 0. The highest BCUT2D eigenvalue weighted by Crippen LogP contribution is 2.33. The van der Waals surface area contributed by atoms with Crippen molar-refractivity contribution < 1.29 is 18.0 Å². The Balaban J connectivity index is 1.47. The molecule has 0 aliphatic heterocycles. The largest absolute Gasteiger partial charge is 0.420 e. The van der Waals surface area contributed by atoms with Gasteiger partial charge in [0.1, 0.15) is 11.6 Å². The Kier molecular flexibility index (Phi) is 6.12. The van der Waals surface area contributed by atoms with Crippen LogP contribution in [-0.4, -0.2) is 25.9 Å². The molecule has 180 valence electrons. The summed E-state index contributed by atoms with van der Waals surface area (Å²) < 4.78 is 34.3. The van der Waals surface area contributed by atoms with Crippen LogP contribution in [0.3, 0.4) is 0 Å². The van der Waals surface area contributed by atoms with Gasteiger partial charge in [0.2, 0.25) is 5.89 Å². The molecule has 0 saturated heterocycles. The van der Waals surface area contributed by atoms with E-state index in [2.05, 4.69) is 15.5 Å². The second kappa shape index (κ2) is 9.53. The molecule has 2 aromatic heterocycles. The predicted octanol–water partition coefficient (Wildman–Crippen LogP) is 5.41. The molecule has 1 amide bonds. The summed E-state index contributed by atoms with van der Waals surface area (Å²) in [5.41, 5.74) is 4.55. The third-order valence-electron chi connectivity index (χ3n) is 5.68. The monoisotopic (exact) mass is 485 g/mol. The van der Waals surface area contributed by atoms with Crippen LogP contribution in [0.4, 0.5) is 8.78 Å². The van der Waals surface area contributed by atoms with Crippen molar-refractivity contribution in [1.82, 2.24) is 25.3 Å². The molecule has 0 aliphatic rings. The lowest BCUT2D eigenvalue weighted by atomic mass is 10.1. The molecular weight excluding hydrogens is 464 g/mol. The van der Waals surface area contributed by atoms with Crippen LogP contribution < -0.4 is 5.32 Å². The van der Waals surface area contributed by atoms with Gasteiger partial charge in [-0.1, -0.05) is 12.1 Å². The first-order chi connectivity index (χ1) is 17.4. The maximum Gasteiger partial charge on any atom is 0.268 e. The molecule has 9 heteroatoms. The molecule has 7 nitrogen and oxygen atoms in total. The van der Waals surface area contributed by atoms with Gasteiger partial charge in [-0.05, 0) is 73.2 Å². The van der Waals surface area contributed by atoms with Crippen molar-refractivity contribution in [3.05, 3.63) is 107 Å². The van der Waals surface area contributed by atoms with Gasteiger partial charge >= 0.3 is 0 Å². The Bertz CT molecular complexity index is 1540. The van der Waals surface area contributed by atoms with E-state index in [9.17, 15) is 13.6 Å². The van der Waals surface area contributed by atoms with Crippen molar-refractivity contribution in [2.75, 3.05) is 0 Å². The van der Waals surface area contributed by atoms with Crippen LogP contribution in [0.25, 0.3) is 28.5 Å². The average Bonchev–Trinajstić information content (AvgIpc) is 3.46. The van der Waals surface area contributed by atoms with Crippen LogP contribution in [0.1, 0.15) is 27.4 Å². The fourth-order valence-electron chi connectivity index (χ4n) is 3.91. The number of amides is 1. The molecule has 0 atom stereocenters. The zero-order valence-corrected chi connectivity index (χ0v) is 19.5. The number of aryl methyl sites for hydroxylation is 1. The van der Waals surface area contributed by atoms with Gasteiger partial charge < -0.3 is 9.73 Å². The van der Waals surface area contributed by atoms with E-state index < -0.39 is 0 Å². The molecule has 5 rings (SSSR count). The van der Waals surface area contributed by atoms with Gasteiger partial charge in [-0.15, -0.1) is 10.2 Å². The number of rotatable bonds is 6. The molecular formula is C27H21F2N5O2. The van der Waals surface area contributed by atoms with Crippen LogP contribution in [0.5, 0.6) is 0 Å². The standard InChI is InChI=1S/C27H21F2N5O2/c1-16-24(27-32-31-17(2)36-27)33-34(25(16)19-6-10-21(28)11-7-19)23-12-8-20(9-13-23)26(35)30-15-18-4-3-5-22(29)14-18/h3-14H,15H2,1-2H3,(H,30,35). The molecule has 36 heavy (non-hydrogen) atoms. The van der Waals surface area contributed by atoms with Gasteiger partial charge in [0.05, 0.1) is 11.4 Å². The summed E-state index contributed by atoms with van der Waals surface area (Å²) in [4.78, 5) is 12.6. The SMILES string of the molecule is Cc1nnc(-c2nn(-c3ccc(C(=O)NCc4cccc(F)c4)cc3)c(-c3ccc(F)cc3)c2C)o1. The molecule has 0 spiro atoms. The number of benzene rings is 3. The molecule has 0 fully saturated rings. The van der Waals surface area contributed by atoms with Gasteiger partial charge in [0, 0.05) is 30.2 Å². The maximum absolute atomic E-state index is 13.6. The number of hydrogen-bond donors (Lipinski definition) is 1. The van der Waals surface area contributed by atoms with Gasteiger partial charge in [-0.2, -0.15) is 5.10 Å². The minimum absolute atomic E-state index is 0.207. The second-order valence-corrected chi connectivity index (χ2v) is 8.23. The summed E-state index contributed by atoms with van der Waals surface area (Å²) in [6, 6.07) is 19.1. The normalized spacial score (nSPS) is 11.0. The Labute approximate surface area is 205 Å². The van der Waals surface area contributed by atoms with Crippen molar-refractivity contribution in [3.8, 4) is 28.5 Å². The van der Waals surface area contributed by atoms with E-state index in [4.69, 9.17) is 9.52 Å². The van der Waals surface area contributed by atoms with E-state index in [1.165, 1.54) is 24.3 Å². The first-order valence-electron chi connectivity index (χ1n) is 11.2. The van der Waals surface area contributed by atoms with Crippen LogP contribution in [-0.2, 0) is 6.54 Å². The molecule has 2 heterocycles. The van der Waals surface area contributed by atoms with Crippen LogP contribution in [0.2, 0.25) is 0 Å². The Morgan fingerprint density at radius 3 is 2.36 bits per heavy atom. The smallest absolute Gasteiger partial charge is 0.268 e. The summed E-state index contributed by atoms with van der Waals surface area (Å²) >= 11 is 0. The molecule has 0 unspecified atom stereocenters. The highest BCUT2D eigenvalue weighted by molar-refractivity contribution is 5.94. The summed E-state index contributed by atoms with van der Waals surface area (Å²) in [6.45, 7) is 3.78. The van der Waals surface area contributed by atoms with E-state index in [-0.39, 0.29) is 30.0 Å². The molecule has 0 radical (unpaired) electrons. The van der Waals surface area contributed by atoms with E-state index in [0.717, 1.165) is 16.8 Å². The highest BCUT2D eigenvalue weighted by atomic mass is 19.1. The lowest BCUT2D eigenvalue weighted by molar-refractivity contribution is 0.0951. The van der Waals surface area contributed by atoms with Crippen LogP contribution in [0, 0.1) is 25.5 Å². The maximum atomic E-state index is 13.6. The number of nitrogens with one attached hydrogen (secondary N) is 1. The number of nitrogens with zero attached hydrogens (tertiary/aromatic N) is 4. The molecule has 0 saturated carbocycles. The fraction of sp³-hybridized carbons (Fsp3) is 0.111. The number of aromatic nitrogens is 4. The van der Waals surface area contributed by atoms with Crippen LogP contribution >= 0.6 is 0 Å². The quantitative estimate of drug-likeness (QED) is 0.347. The Morgan fingerprint density at radius 1 is 0.944 bits per heavy atom. The van der Waals surface area contributed by atoms with Crippen molar-refractivity contribution in [2.45, 2.75) is 20.4 Å². The van der Waals surface area contributed by atoms with Crippen LogP contribution in [0.15, 0.2) is 77.2 Å². The summed E-state index contributed by atoms with van der Waals surface area (Å²) in [5.74, 6) is -0.295. The Morgan fingerprint density at radius 2 is 1.69 bits per heavy atom. The van der Waals surface area contributed by atoms with Gasteiger partial charge in [-0.25, -0.2) is 13.5 Å². The fourth-order valence-corrected chi connectivity index (χ4v) is 3.91. The van der Waals surface area contributed by atoms with Gasteiger partial charge in [0.25, 0.3) is 11.8 Å². The minimum atomic E-state index is -0.354. The summed E-state index contributed by atoms with van der Waals surface area (Å²) in [6.07, 6.45) is 0. The first kappa shape index (κ1) is 23.1. The number of carbonyl (C=O) groups is 1. The molecule has 3 aromatic carbocycles. The van der Waals surface area contributed by atoms with Crippen molar-refractivity contribution in [2.24, 2.45) is 0 Å². The lowest BCUT2D eigenvalue weighted by Gasteiger charge is -2.10. The van der Waals surface area contributed by atoms with E-state index in [1.807, 2.05) is 6.92 Å². The molecule has 0 aliphatic carbocycles. The molecule has 0 bridgehead atoms. The van der Waals surface area contributed by atoms with Gasteiger partial charge in [0.15, 0.2) is 5.69 Å². The molecule has 5 aromatic rings. The van der Waals surface area contributed by atoms with E-state index in [0.29, 0.717) is 28.4 Å². The highest BCUT2D eigenvalue weighted by Gasteiger charge is 2.22. The zero-order chi connectivity index (χ0) is 25.2. The zero-order valence-electron chi connectivity index (χ0n) is 19.5. The first-order valence-corrected chi connectivity index (χ1v) is 11.2. The minimum Gasteiger partial charge on any atom is -0.420 e. The second-order valence-electron chi connectivity index (χ2n) is 8.23. The third kappa shape index (κ3) is 4.63. The third-order valence-corrected chi connectivity index (χ3v) is 5.68. The Hall–Kier alpha value is -4.66. The number of hydrogen-bond acceptors (Lipinski definition) is 5. The van der Waals surface area contributed by atoms with Crippen molar-refractivity contribution in [3.63, 3.8) is 0 Å². The summed E-state index contributed by atoms with van der Waals surface area (Å²) in [5, 5.41) is 15.5. The van der Waals surface area contributed by atoms with E-state index >= 15 is 0 Å². The van der Waals surface area contributed by atoms with E-state index in [1.54, 1.807) is 60.1 Å². The molecule has 1 N–H and O–H groups in total. The predicted molar refractivity (Wildman–Crippen MR) is 129 cm³/mol. The van der Waals surface area contributed by atoms with Gasteiger partial charge in [-0.3, -0.25) is 4.79 Å². The van der Waals surface area contributed by atoms with Crippen molar-refractivity contribution >= 4 is 5.91 Å².